The zero-order valence-electron chi connectivity index (χ0n) is 25.8. The molecule has 0 radical (unpaired) electrons. The second kappa shape index (κ2) is 10.6. The van der Waals surface area contributed by atoms with Crippen molar-refractivity contribution in [1.82, 2.24) is 0 Å². The van der Waals surface area contributed by atoms with E-state index in [4.69, 9.17) is 18.9 Å². The molecular formula is C33H54O9. The predicted molar refractivity (Wildman–Crippen MR) is 152 cm³/mol. The maximum atomic E-state index is 11.8. The highest BCUT2D eigenvalue weighted by atomic mass is 16.7. The maximum Gasteiger partial charge on any atom is 0.186 e. The highest BCUT2D eigenvalue weighted by Crippen LogP contribution is 2.71. The third kappa shape index (κ3) is 4.28. The normalized spacial score (nSPS) is 60.9. The Labute approximate surface area is 250 Å². The van der Waals surface area contributed by atoms with E-state index in [1.54, 1.807) is 0 Å². The van der Waals surface area contributed by atoms with Gasteiger partial charge >= 0.3 is 0 Å². The number of aliphatic hydroxyl groups is 5. The first-order valence-corrected chi connectivity index (χ1v) is 16.9. The number of ether oxygens (including phenoxy) is 4. The van der Waals surface area contributed by atoms with E-state index in [1.165, 1.54) is 12.8 Å². The van der Waals surface area contributed by atoms with Crippen molar-refractivity contribution in [3.05, 3.63) is 0 Å². The third-order valence-electron chi connectivity index (χ3n) is 14.2. The van der Waals surface area contributed by atoms with E-state index in [0.717, 1.165) is 45.1 Å². The minimum absolute atomic E-state index is 0.201. The van der Waals surface area contributed by atoms with Gasteiger partial charge in [-0.15, -0.1) is 0 Å². The number of rotatable bonds is 3. The van der Waals surface area contributed by atoms with Crippen molar-refractivity contribution in [3.8, 4) is 0 Å². The lowest BCUT2D eigenvalue weighted by atomic mass is 9.43. The van der Waals surface area contributed by atoms with Crippen LogP contribution in [0.25, 0.3) is 0 Å². The van der Waals surface area contributed by atoms with Crippen molar-refractivity contribution in [3.63, 3.8) is 0 Å². The van der Waals surface area contributed by atoms with Gasteiger partial charge in [0, 0.05) is 18.8 Å². The van der Waals surface area contributed by atoms with Gasteiger partial charge in [0.2, 0.25) is 0 Å². The topological polar surface area (TPSA) is 138 Å². The van der Waals surface area contributed by atoms with Crippen molar-refractivity contribution in [2.45, 2.75) is 140 Å². The molecule has 9 nitrogen and oxygen atoms in total. The van der Waals surface area contributed by atoms with E-state index >= 15 is 0 Å². The molecule has 1 spiro atoms. The van der Waals surface area contributed by atoms with Crippen molar-refractivity contribution in [2.75, 3.05) is 13.2 Å². The summed E-state index contributed by atoms with van der Waals surface area (Å²) in [7, 11) is 0. The summed E-state index contributed by atoms with van der Waals surface area (Å²) in [6.45, 7) is 9.82. The van der Waals surface area contributed by atoms with Crippen LogP contribution in [0, 0.1) is 52.3 Å². The first kappa shape index (κ1) is 30.3. The lowest BCUT2D eigenvalue weighted by Crippen LogP contribution is -2.62. The molecular weight excluding hydrogens is 540 g/mol. The summed E-state index contributed by atoms with van der Waals surface area (Å²) < 4.78 is 25.2. The Morgan fingerprint density at radius 3 is 2.36 bits per heavy atom. The Morgan fingerprint density at radius 2 is 1.64 bits per heavy atom. The van der Waals surface area contributed by atoms with Crippen LogP contribution in [0.15, 0.2) is 0 Å². The smallest absolute Gasteiger partial charge is 0.186 e. The van der Waals surface area contributed by atoms with Gasteiger partial charge in [-0.1, -0.05) is 27.7 Å². The van der Waals surface area contributed by atoms with E-state index in [-0.39, 0.29) is 23.0 Å². The molecule has 7 rings (SSSR count). The molecule has 0 aromatic carbocycles. The lowest BCUT2D eigenvalue weighted by Gasteiger charge is -2.62. The van der Waals surface area contributed by atoms with E-state index in [1.807, 2.05) is 0 Å². The van der Waals surface area contributed by atoms with E-state index < -0.39 is 49.2 Å². The van der Waals surface area contributed by atoms with Gasteiger partial charge in [0.05, 0.1) is 31.5 Å². The highest BCUT2D eigenvalue weighted by Gasteiger charge is 2.70. The number of hydrogen-bond donors (Lipinski definition) is 5. The fourth-order valence-corrected chi connectivity index (χ4v) is 11.8. The second-order valence-electron chi connectivity index (χ2n) is 16.0. The van der Waals surface area contributed by atoms with Crippen LogP contribution in [0.3, 0.4) is 0 Å². The molecule has 3 saturated heterocycles. The molecule has 42 heavy (non-hydrogen) atoms. The number of fused-ring (bicyclic) bond motifs is 7. The second-order valence-corrected chi connectivity index (χ2v) is 16.0. The largest absolute Gasteiger partial charge is 0.394 e. The van der Waals surface area contributed by atoms with Crippen LogP contribution in [0.4, 0.5) is 0 Å². The van der Waals surface area contributed by atoms with Gasteiger partial charge < -0.3 is 44.5 Å². The van der Waals surface area contributed by atoms with E-state index in [2.05, 4.69) is 27.7 Å². The zero-order chi connectivity index (χ0) is 29.8. The monoisotopic (exact) mass is 594 g/mol. The molecule has 0 amide bonds. The molecule has 4 unspecified atom stereocenters. The molecule has 9 heteroatoms. The SMILES string of the molecule is CC1CC[C@@]2(OC1)O[C@H]1C[C@H]3[C@@H]4CCC5CC(O[C@@H]6O[C@H](CO)[C@@H](O)[C@H](O)[C@H]6O)CC(O)[C@]5(C)[C@H]4CC[C@]3(C)[C@H]1[C@@H]2C. The molecule has 18 atom stereocenters. The molecule has 3 heterocycles. The van der Waals surface area contributed by atoms with Gasteiger partial charge in [0.15, 0.2) is 12.1 Å². The minimum Gasteiger partial charge on any atom is -0.394 e. The first-order chi connectivity index (χ1) is 19.9. The van der Waals surface area contributed by atoms with Gasteiger partial charge in [-0.05, 0) is 91.3 Å². The van der Waals surface area contributed by atoms with Crippen LogP contribution in [-0.2, 0) is 18.9 Å². The Bertz CT molecular complexity index is 1000. The first-order valence-electron chi connectivity index (χ1n) is 16.9. The standard InChI is InChI=1S/C33H54O9/c1-16-7-10-33(39-15-16)17(2)26-23(42-33)13-22-20-6-5-18-11-19(40-30-29(38)28(37)27(36)24(14-34)41-30)12-25(35)32(18,4)21(20)8-9-31(22,26)3/h16-30,34-38H,5-15H2,1-4H3/t16?,17-,18?,19?,20+,21-,22-,23-,24+,25?,26-,27+,28-,29+,30+,31-,32-,33+/m0/s1. The summed E-state index contributed by atoms with van der Waals surface area (Å²) in [4.78, 5) is 0. The van der Waals surface area contributed by atoms with Crippen molar-refractivity contribution < 1.29 is 44.5 Å². The Hall–Kier alpha value is -0.360. The molecule has 7 aliphatic rings. The molecule has 4 saturated carbocycles. The van der Waals surface area contributed by atoms with Gasteiger partial charge in [-0.3, -0.25) is 0 Å². The average Bonchev–Trinajstić information content (AvgIpc) is 3.41. The van der Waals surface area contributed by atoms with Crippen molar-refractivity contribution >= 4 is 0 Å². The van der Waals surface area contributed by atoms with Crippen LogP contribution in [0.1, 0.15) is 85.5 Å². The molecule has 0 bridgehead atoms. The molecule has 0 aromatic rings. The summed E-state index contributed by atoms with van der Waals surface area (Å²) in [6.07, 6.45) is 1.89. The Morgan fingerprint density at radius 1 is 0.857 bits per heavy atom. The molecule has 4 aliphatic carbocycles. The number of aliphatic hydroxyl groups excluding tert-OH is 5. The van der Waals surface area contributed by atoms with Crippen LogP contribution in [-0.4, -0.2) is 93.6 Å². The molecule has 3 aliphatic heterocycles. The summed E-state index contributed by atoms with van der Waals surface area (Å²) in [5.74, 6) is 3.04. The molecule has 240 valence electrons. The van der Waals surface area contributed by atoms with Crippen molar-refractivity contribution in [1.29, 1.82) is 0 Å². The average molecular weight is 595 g/mol. The maximum absolute atomic E-state index is 11.8. The van der Waals surface area contributed by atoms with E-state index in [9.17, 15) is 25.5 Å². The Balaban J connectivity index is 1.05. The number of hydrogen-bond acceptors (Lipinski definition) is 9. The molecule has 0 aromatic heterocycles. The zero-order valence-corrected chi connectivity index (χ0v) is 25.8. The lowest BCUT2D eigenvalue weighted by molar-refractivity contribution is -0.320. The van der Waals surface area contributed by atoms with Gasteiger partial charge in [-0.2, -0.15) is 0 Å². The van der Waals surface area contributed by atoms with Crippen LogP contribution >= 0.6 is 0 Å². The third-order valence-corrected chi connectivity index (χ3v) is 14.2. The molecule has 7 fully saturated rings. The summed E-state index contributed by atoms with van der Waals surface area (Å²) in [5, 5.41) is 52.3. The highest BCUT2D eigenvalue weighted by molar-refractivity contribution is 5.16. The van der Waals surface area contributed by atoms with Crippen molar-refractivity contribution in [2.24, 2.45) is 52.3 Å². The quantitative estimate of drug-likeness (QED) is 0.312. The van der Waals surface area contributed by atoms with Gasteiger partial charge in [0.25, 0.3) is 0 Å². The van der Waals surface area contributed by atoms with Gasteiger partial charge in [0.1, 0.15) is 24.4 Å². The summed E-state index contributed by atoms with van der Waals surface area (Å²) in [6, 6.07) is 0. The summed E-state index contributed by atoms with van der Waals surface area (Å²) >= 11 is 0. The van der Waals surface area contributed by atoms with Crippen LogP contribution in [0.2, 0.25) is 0 Å². The molecule has 5 N–H and O–H groups in total. The summed E-state index contributed by atoms with van der Waals surface area (Å²) in [5.41, 5.74) is 0.0340. The van der Waals surface area contributed by atoms with Crippen LogP contribution < -0.4 is 0 Å². The fraction of sp³-hybridized carbons (Fsp3) is 1.00. The minimum atomic E-state index is -1.47. The Kier molecular flexibility index (Phi) is 7.64. The van der Waals surface area contributed by atoms with Gasteiger partial charge in [-0.25, -0.2) is 0 Å². The van der Waals surface area contributed by atoms with E-state index in [0.29, 0.717) is 47.8 Å². The predicted octanol–water partition coefficient (Wildman–Crippen LogP) is 2.59. The fourth-order valence-electron chi connectivity index (χ4n) is 11.8. The van der Waals surface area contributed by atoms with Crippen LogP contribution in [0.5, 0.6) is 0 Å².